The van der Waals surface area contributed by atoms with Crippen molar-refractivity contribution in [3.63, 3.8) is 0 Å². The molecular weight excluding hydrogens is 192 g/mol. The Kier molecular flexibility index (Phi) is 5.88. The lowest BCUT2D eigenvalue weighted by Crippen LogP contribution is -2.39. The number of ether oxygens (including phenoxy) is 2. The van der Waals surface area contributed by atoms with Gasteiger partial charge in [0.05, 0.1) is 19.1 Å². The number of hydrogen-bond donors (Lipinski definition) is 0. The van der Waals surface area contributed by atoms with E-state index in [1.807, 2.05) is 6.92 Å². The van der Waals surface area contributed by atoms with Crippen molar-refractivity contribution in [1.82, 2.24) is 0 Å². The van der Waals surface area contributed by atoms with E-state index < -0.39 is 0 Å². The van der Waals surface area contributed by atoms with Gasteiger partial charge in [-0.25, -0.2) is 0 Å². The van der Waals surface area contributed by atoms with Crippen LogP contribution in [0.25, 0.3) is 0 Å². The van der Waals surface area contributed by atoms with Gasteiger partial charge in [0.2, 0.25) is 0 Å². The summed E-state index contributed by atoms with van der Waals surface area (Å²) in [5.74, 6) is 0.0579. The van der Waals surface area contributed by atoms with Gasteiger partial charge in [0.1, 0.15) is 0 Å². The maximum absolute atomic E-state index is 11.8. The zero-order chi connectivity index (χ0) is 12.1. The summed E-state index contributed by atoms with van der Waals surface area (Å²) in [5, 5.41) is 0. The van der Waals surface area contributed by atoms with E-state index in [0.717, 1.165) is 0 Å². The van der Waals surface area contributed by atoms with Crippen molar-refractivity contribution in [2.75, 3.05) is 20.3 Å². The lowest BCUT2D eigenvalue weighted by molar-refractivity contribution is -0.156. The van der Waals surface area contributed by atoms with Crippen LogP contribution in [0.3, 0.4) is 0 Å². The van der Waals surface area contributed by atoms with Gasteiger partial charge < -0.3 is 9.47 Å². The average Bonchev–Trinajstić information content (AvgIpc) is 2.13. The van der Waals surface area contributed by atoms with E-state index in [1.165, 1.54) is 0 Å². The lowest BCUT2D eigenvalue weighted by Gasteiger charge is -2.35. The summed E-state index contributed by atoms with van der Waals surface area (Å²) in [7, 11) is 1.61. The highest BCUT2D eigenvalue weighted by atomic mass is 16.5. The molecule has 3 nitrogen and oxygen atoms in total. The van der Waals surface area contributed by atoms with Crippen LogP contribution in [-0.4, -0.2) is 26.3 Å². The van der Waals surface area contributed by atoms with E-state index in [-0.39, 0.29) is 17.3 Å². The normalized spacial score (nSPS) is 14.1. The number of rotatable bonds is 6. The molecule has 0 radical (unpaired) electrons. The second kappa shape index (κ2) is 6.11. The summed E-state index contributed by atoms with van der Waals surface area (Å²) in [6, 6.07) is 0. The number of carbonyl (C=O) groups excluding carboxylic acids is 1. The van der Waals surface area contributed by atoms with Crippen LogP contribution in [-0.2, 0) is 14.3 Å². The summed E-state index contributed by atoms with van der Waals surface area (Å²) in [6.45, 7) is 11.1. The second-order valence-electron chi connectivity index (χ2n) is 4.74. The smallest absolute Gasteiger partial charge is 0.311 e. The van der Waals surface area contributed by atoms with Gasteiger partial charge in [0.25, 0.3) is 0 Å². The maximum Gasteiger partial charge on any atom is 0.311 e. The minimum absolute atomic E-state index is 0.109. The molecule has 0 aliphatic rings. The van der Waals surface area contributed by atoms with Crippen molar-refractivity contribution in [2.45, 2.75) is 34.6 Å². The summed E-state index contributed by atoms with van der Waals surface area (Å²) in [6.07, 6.45) is 0. The van der Waals surface area contributed by atoms with Crippen molar-refractivity contribution in [3.8, 4) is 0 Å². The molecule has 90 valence electrons. The zero-order valence-electron chi connectivity index (χ0n) is 10.8. The molecule has 0 aromatic heterocycles. The van der Waals surface area contributed by atoms with Crippen molar-refractivity contribution >= 4 is 5.97 Å². The van der Waals surface area contributed by atoms with Gasteiger partial charge in [-0.1, -0.05) is 27.7 Å². The number of carbonyl (C=O) groups is 1. The topological polar surface area (TPSA) is 35.5 Å². The van der Waals surface area contributed by atoms with Gasteiger partial charge in [-0.3, -0.25) is 4.79 Å². The van der Waals surface area contributed by atoms with Crippen LogP contribution in [0.4, 0.5) is 0 Å². The first kappa shape index (κ1) is 14.4. The zero-order valence-corrected chi connectivity index (χ0v) is 10.8. The minimum atomic E-state index is -0.192. The predicted octanol–water partition coefficient (Wildman–Crippen LogP) is 2.49. The van der Waals surface area contributed by atoms with E-state index in [9.17, 15) is 4.79 Å². The standard InChI is InChI=1S/C12H24O3/c1-7-15-11(13)10(8-14-6)12(4,5)9(2)3/h9-10H,7-8H2,1-6H3. The van der Waals surface area contributed by atoms with Gasteiger partial charge in [0, 0.05) is 7.11 Å². The van der Waals surface area contributed by atoms with E-state index in [1.54, 1.807) is 7.11 Å². The second-order valence-corrected chi connectivity index (χ2v) is 4.74. The van der Waals surface area contributed by atoms with Crippen LogP contribution >= 0.6 is 0 Å². The number of esters is 1. The van der Waals surface area contributed by atoms with Gasteiger partial charge in [0.15, 0.2) is 0 Å². The van der Waals surface area contributed by atoms with E-state index in [0.29, 0.717) is 19.1 Å². The largest absolute Gasteiger partial charge is 0.466 e. The molecular formula is C12H24O3. The van der Waals surface area contributed by atoms with E-state index in [2.05, 4.69) is 27.7 Å². The summed E-state index contributed by atoms with van der Waals surface area (Å²) >= 11 is 0. The first-order valence-corrected chi connectivity index (χ1v) is 5.53. The quantitative estimate of drug-likeness (QED) is 0.640. The third kappa shape index (κ3) is 3.82. The van der Waals surface area contributed by atoms with Crippen molar-refractivity contribution in [3.05, 3.63) is 0 Å². The van der Waals surface area contributed by atoms with E-state index >= 15 is 0 Å². The molecule has 0 amide bonds. The first-order valence-electron chi connectivity index (χ1n) is 5.53. The minimum Gasteiger partial charge on any atom is -0.466 e. The highest BCUT2D eigenvalue weighted by Crippen LogP contribution is 2.35. The van der Waals surface area contributed by atoms with Crippen molar-refractivity contribution < 1.29 is 14.3 Å². The Balaban J connectivity index is 4.71. The van der Waals surface area contributed by atoms with Gasteiger partial charge in [-0.2, -0.15) is 0 Å². The molecule has 0 saturated carbocycles. The molecule has 0 aromatic rings. The van der Waals surface area contributed by atoms with Crippen LogP contribution in [0.1, 0.15) is 34.6 Å². The Morgan fingerprint density at radius 3 is 2.20 bits per heavy atom. The molecule has 0 aliphatic carbocycles. The van der Waals surface area contributed by atoms with Crippen LogP contribution < -0.4 is 0 Å². The molecule has 0 heterocycles. The van der Waals surface area contributed by atoms with Crippen molar-refractivity contribution in [2.24, 2.45) is 17.3 Å². The Bertz CT molecular complexity index is 197. The SMILES string of the molecule is CCOC(=O)C(COC)C(C)(C)C(C)C. The Labute approximate surface area is 93.1 Å². The Hall–Kier alpha value is -0.570. The molecule has 0 aromatic carbocycles. The van der Waals surface area contributed by atoms with Crippen LogP contribution in [0.2, 0.25) is 0 Å². The monoisotopic (exact) mass is 216 g/mol. The van der Waals surface area contributed by atoms with Crippen molar-refractivity contribution in [1.29, 1.82) is 0 Å². The molecule has 3 heteroatoms. The third-order valence-electron chi connectivity index (χ3n) is 3.29. The fraction of sp³-hybridized carbons (Fsp3) is 0.917. The van der Waals surface area contributed by atoms with Crippen LogP contribution in [0.5, 0.6) is 0 Å². The number of methoxy groups -OCH3 is 1. The highest BCUT2D eigenvalue weighted by molar-refractivity contribution is 5.73. The molecule has 15 heavy (non-hydrogen) atoms. The first-order chi connectivity index (χ1) is 6.87. The molecule has 0 spiro atoms. The molecule has 0 N–H and O–H groups in total. The van der Waals surface area contributed by atoms with Gasteiger partial charge in [-0.05, 0) is 18.3 Å². The highest BCUT2D eigenvalue weighted by Gasteiger charge is 2.38. The Morgan fingerprint density at radius 2 is 1.87 bits per heavy atom. The van der Waals surface area contributed by atoms with Crippen LogP contribution in [0.15, 0.2) is 0 Å². The number of hydrogen-bond acceptors (Lipinski definition) is 3. The molecule has 0 saturated heterocycles. The lowest BCUT2D eigenvalue weighted by atomic mass is 9.71. The van der Waals surface area contributed by atoms with Gasteiger partial charge in [-0.15, -0.1) is 0 Å². The fourth-order valence-corrected chi connectivity index (χ4v) is 1.40. The Morgan fingerprint density at radius 1 is 1.33 bits per heavy atom. The summed E-state index contributed by atoms with van der Waals surface area (Å²) < 4.78 is 10.2. The average molecular weight is 216 g/mol. The van der Waals surface area contributed by atoms with Gasteiger partial charge >= 0.3 is 5.97 Å². The summed E-state index contributed by atoms with van der Waals surface area (Å²) in [5.41, 5.74) is -0.109. The predicted molar refractivity (Wildman–Crippen MR) is 60.6 cm³/mol. The molecule has 0 bridgehead atoms. The molecule has 0 aliphatic heterocycles. The maximum atomic E-state index is 11.8. The fourth-order valence-electron chi connectivity index (χ4n) is 1.40. The molecule has 1 unspecified atom stereocenters. The molecule has 0 fully saturated rings. The van der Waals surface area contributed by atoms with E-state index in [4.69, 9.17) is 9.47 Å². The third-order valence-corrected chi connectivity index (χ3v) is 3.29. The molecule has 0 rings (SSSR count). The molecule has 1 atom stereocenters. The summed E-state index contributed by atoms with van der Waals surface area (Å²) in [4.78, 5) is 11.8. The van der Waals surface area contributed by atoms with Crippen LogP contribution in [0, 0.1) is 17.3 Å².